The molecule has 0 aromatic carbocycles. The zero-order valence-corrected chi connectivity index (χ0v) is 9.41. The summed E-state index contributed by atoms with van der Waals surface area (Å²) >= 11 is 0. The van der Waals surface area contributed by atoms with Crippen molar-refractivity contribution in [3.8, 4) is 0 Å². The Bertz CT molecular complexity index is 319. The molecule has 1 saturated heterocycles. The van der Waals surface area contributed by atoms with E-state index in [-0.39, 0.29) is 0 Å². The molecule has 0 saturated carbocycles. The van der Waals surface area contributed by atoms with E-state index in [1.807, 2.05) is 17.9 Å². The smallest absolute Gasteiger partial charge is 0.0527 e. The lowest BCUT2D eigenvalue weighted by molar-refractivity contribution is 0.516. The lowest BCUT2D eigenvalue weighted by atomic mass is 9.86. The molecule has 0 amide bonds. The van der Waals surface area contributed by atoms with Crippen LogP contribution in [0, 0.1) is 12.8 Å². The van der Waals surface area contributed by atoms with Crippen LogP contribution in [-0.2, 0) is 7.05 Å². The molecule has 0 spiro atoms. The molecule has 78 valence electrons. The maximum absolute atomic E-state index is 4.32. The van der Waals surface area contributed by atoms with E-state index < -0.39 is 0 Å². The average Bonchev–Trinajstić information content (AvgIpc) is 2.62. The van der Waals surface area contributed by atoms with E-state index >= 15 is 0 Å². The highest BCUT2D eigenvalue weighted by molar-refractivity contribution is 5.25. The summed E-state index contributed by atoms with van der Waals surface area (Å²) in [4.78, 5) is 0. The fourth-order valence-corrected chi connectivity index (χ4v) is 2.54. The molecule has 1 aliphatic heterocycles. The molecule has 14 heavy (non-hydrogen) atoms. The third kappa shape index (κ3) is 1.36. The molecule has 1 N–H and O–H groups in total. The van der Waals surface area contributed by atoms with Gasteiger partial charge in [-0.2, -0.15) is 5.10 Å². The van der Waals surface area contributed by atoms with Gasteiger partial charge in [-0.05, 0) is 31.9 Å². The minimum Gasteiger partial charge on any atom is -0.313 e. The van der Waals surface area contributed by atoms with E-state index in [1.165, 1.54) is 11.3 Å². The van der Waals surface area contributed by atoms with Crippen LogP contribution in [0.1, 0.15) is 31.0 Å². The number of aromatic nitrogens is 2. The van der Waals surface area contributed by atoms with E-state index in [0.717, 1.165) is 6.54 Å². The number of nitrogens with zero attached hydrogens (tertiary/aromatic N) is 2. The third-order valence-electron chi connectivity index (χ3n) is 3.55. The SMILES string of the molecule is Cc1c(C2C(C)CNC2C)cnn1C. The second-order valence-electron chi connectivity index (χ2n) is 4.51. The first kappa shape index (κ1) is 9.71. The van der Waals surface area contributed by atoms with E-state index in [0.29, 0.717) is 17.9 Å². The molecule has 3 atom stereocenters. The van der Waals surface area contributed by atoms with Crippen LogP contribution in [0.4, 0.5) is 0 Å². The van der Waals surface area contributed by atoms with E-state index in [4.69, 9.17) is 0 Å². The molecule has 2 rings (SSSR count). The van der Waals surface area contributed by atoms with Crippen molar-refractivity contribution >= 4 is 0 Å². The van der Waals surface area contributed by atoms with Gasteiger partial charge in [0.25, 0.3) is 0 Å². The number of rotatable bonds is 1. The van der Waals surface area contributed by atoms with Crippen LogP contribution in [0.2, 0.25) is 0 Å². The topological polar surface area (TPSA) is 29.9 Å². The van der Waals surface area contributed by atoms with Crippen molar-refractivity contribution in [1.82, 2.24) is 15.1 Å². The second-order valence-corrected chi connectivity index (χ2v) is 4.51. The van der Waals surface area contributed by atoms with Crippen molar-refractivity contribution in [3.05, 3.63) is 17.5 Å². The van der Waals surface area contributed by atoms with Gasteiger partial charge in [0.1, 0.15) is 0 Å². The molecular formula is C11H19N3. The van der Waals surface area contributed by atoms with Gasteiger partial charge >= 0.3 is 0 Å². The molecule has 0 aliphatic carbocycles. The number of hydrogen-bond donors (Lipinski definition) is 1. The van der Waals surface area contributed by atoms with Gasteiger partial charge < -0.3 is 5.32 Å². The van der Waals surface area contributed by atoms with Crippen LogP contribution < -0.4 is 5.32 Å². The summed E-state index contributed by atoms with van der Waals surface area (Å²) in [6, 6.07) is 0.577. The Hall–Kier alpha value is -0.830. The highest BCUT2D eigenvalue weighted by Crippen LogP contribution is 2.33. The highest BCUT2D eigenvalue weighted by atomic mass is 15.3. The Labute approximate surface area is 85.5 Å². The van der Waals surface area contributed by atoms with Gasteiger partial charge in [0.15, 0.2) is 0 Å². The minimum atomic E-state index is 0.577. The zero-order chi connectivity index (χ0) is 10.3. The molecule has 0 radical (unpaired) electrons. The summed E-state index contributed by atoms with van der Waals surface area (Å²) < 4.78 is 1.97. The second kappa shape index (κ2) is 3.39. The summed E-state index contributed by atoms with van der Waals surface area (Å²) in [5, 5.41) is 7.84. The van der Waals surface area contributed by atoms with E-state index in [9.17, 15) is 0 Å². The fourth-order valence-electron chi connectivity index (χ4n) is 2.54. The van der Waals surface area contributed by atoms with E-state index in [2.05, 4.69) is 31.2 Å². The van der Waals surface area contributed by atoms with E-state index in [1.54, 1.807) is 0 Å². The molecule has 1 aromatic heterocycles. The van der Waals surface area contributed by atoms with Crippen molar-refractivity contribution in [2.45, 2.75) is 32.7 Å². The van der Waals surface area contributed by atoms with Gasteiger partial charge in [0.05, 0.1) is 6.20 Å². The van der Waals surface area contributed by atoms with Crippen molar-refractivity contribution in [1.29, 1.82) is 0 Å². The van der Waals surface area contributed by atoms with Gasteiger partial charge in [-0.1, -0.05) is 6.92 Å². The van der Waals surface area contributed by atoms with Crippen molar-refractivity contribution in [3.63, 3.8) is 0 Å². The fraction of sp³-hybridized carbons (Fsp3) is 0.727. The van der Waals surface area contributed by atoms with Crippen molar-refractivity contribution < 1.29 is 0 Å². The van der Waals surface area contributed by atoms with Gasteiger partial charge in [0.2, 0.25) is 0 Å². The van der Waals surface area contributed by atoms with Gasteiger partial charge in [-0.15, -0.1) is 0 Å². The Morgan fingerprint density at radius 3 is 2.64 bits per heavy atom. The molecule has 1 aromatic rings. The van der Waals surface area contributed by atoms with Crippen LogP contribution in [0.25, 0.3) is 0 Å². The first-order valence-electron chi connectivity index (χ1n) is 5.33. The standard InChI is InChI=1S/C11H19N3/c1-7-5-12-8(2)11(7)10-6-13-14(4)9(10)3/h6-8,11-12H,5H2,1-4H3. The summed E-state index contributed by atoms with van der Waals surface area (Å²) in [5.74, 6) is 1.34. The Morgan fingerprint density at radius 2 is 2.21 bits per heavy atom. The summed E-state index contributed by atoms with van der Waals surface area (Å²) in [7, 11) is 2.01. The predicted molar refractivity (Wildman–Crippen MR) is 57.3 cm³/mol. The Kier molecular flexibility index (Phi) is 2.35. The highest BCUT2D eigenvalue weighted by Gasteiger charge is 2.33. The normalized spacial score (nSPS) is 32.4. The molecule has 1 fully saturated rings. The Morgan fingerprint density at radius 1 is 1.50 bits per heavy atom. The van der Waals surface area contributed by atoms with Gasteiger partial charge in [-0.3, -0.25) is 4.68 Å². The largest absolute Gasteiger partial charge is 0.313 e. The van der Waals surface area contributed by atoms with Gasteiger partial charge in [-0.25, -0.2) is 0 Å². The summed E-state index contributed by atoms with van der Waals surface area (Å²) in [5.41, 5.74) is 2.72. The van der Waals surface area contributed by atoms with Crippen LogP contribution in [0.3, 0.4) is 0 Å². The molecule has 0 bridgehead atoms. The van der Waals surface area contributed by atoms with Crippen LogP contribution >= 0.6 is 0 Å². The Balaban J connectivity index is 2.34. The quantitative estimate of drug-likeness (QED) is 0.731. The average molecular weight is 193 g/mol. The lowest BCUT2D eigenvalue weighted by Gasteiger charge is -2.18. The molecule has 3 heteroatoms. The first-order chi connectivity index (χ1) is 6.61. The zero-order valence-electron chi connectivity index (χ0n) is 9.41. The van der Waals surface area contributed by atoms with Crippen LogP contribution in [0.5, 0.6) is 0 Å². The minimum absolute atomic E-state index is 0.577. The van der Waals surface area contributed by atoms with Crippen molar-refractivity contribution in [2.24, 2.45) is 13.0 Å². The molecular weight excluding hydrogens is 174 g/mol. The van der Waals surface area contributed by atoms with Gasteiger partial charge in [0, 0.05) is 24.7 Å². The molecule has 3 nitrogen and oxygen atoms in total. The monoisotopic (exact) mass is 193 g/mol. The van der Waals surface area contributed by atoms with Crippen molar-refractivity contribution in [2.75, 3.05) is 6.54 Å². The third-order valence-corrected chi connectivity index (χ3v) is 3.55. The first-order valence-corrected chi connectivity index (χ1v) is 5.33. The molecule has 2 heterocycles. The number of hydrogen-bond acceptors (Lipinski definition) is 2. The van der Waals surface area contributed by atoms with Crippen LogP contribution in [0.15, 0.2) is 6.20 Å². The lowest BCUT2D eigenvalue weighted by Crippen LogP contribution is -2.22. The predicted octanol–water partition coefficient (Wildman–Crippen LogP) is 1.44. The summed E-state index contributed by atoms with van der Waals surface area (Å²) in [6.45, 7) is 7.86. The number of aryl methyl sites for hydroxylation is 1. The molecule has 3 unspecified atom stereocenters. The maximum atomic E-state index is 4.32. The molecule has 1 aliphatic rings. The maximum Gasteiger partial charge on any atom is 0.0527 e. The number of nitrogens with one attached hydrogen (secondary N) is 1. The summed E-state index contributed by atoms with van der Waals surface area (Å²) in [6.07, 6.45) is 2.03. The van der Waals surface area contributed by atoms with Crippen LogP contribution in [-0.4, -0.2) is 22.4 Å².